The van der Waals surface area contributed by atoms with E-state index in [0.717, 1.165) is 45.0 Å². The minimum atomic E-state index is -0.132. The molecule has 0 aliphatic heterocycles. The van der Waals surface area contributed by atoms with Gasteiger partial charge in [0.25, 0.3) is 0 Å². The van der Waals surface area contributed by atoms with E-state index in [9.17, 15) is 0 Å². The van der Waals surface area contributed by atoms with Crippen LogP contribution in [0.15, 0.2) is 219 Å². The predicted molar refractivity (Wildman–Crippen MR) is 295 cm³/mol. The maximum atomic E-state index is 5.49. The zero-order chi connectivity index (χ0) is 47.7. The third-order valence-corrected chi connectivity index (χ3v) is 14.1. The molecule has 0 N–H and O–H groups in total. The van der Waals surface area contributed by atoms with Gasteiger partial charge in [-0.25, -0.2) is 4.98 Å². The third-order valence-electron chi connectivity index (χ3n) is 14.1. The van der Waals surface area contributed by atoms with Crippen LogP contribution in [0.1, 0.15) is 52.7 Å². The Morgan fingerprint density at radius 2 is 0.771 bits per heavy atom. The number of para-hydroxylation sites is 2. The summed E-state index contributed by atoms with van der Waals surface area (Å²) in [6.45, 7) is 13.7. The Bertz CT molecular complexity index is 3690. The molecule has 0 radical (unpaired) electrons. The number of nitrogens with zero attached hydrogens (tertiary/aromatic N) is 4. The minimum absolute atomic E-state index is 0.123. The maximum absolute atomic E-state index is 5.49. The average molecular weight is 903 g/mol. The van der Waals surface area contributed by atoms with Crippen molar-refractivity contribution in [3.8, 4) is 67.3 Å². The predicted octanol–water partition coefficient (Wildman–Crippen LogP) is 17.6. The molecule has 12 rings (SSSR count). The van der Waals surface area contributed by atoms with Crippen LogP contribution in [-0.2, 0) is 10.8 Å². The Morgan fingerprint density at radius 1 is 0.314 bits per heavy atom. The summed E-state index contributed by atoms with van der Waals surface area (Å²) < 4.78 is 4.83. The maximum Gasteiger partial charge on any atom is 0.0725 e. The average Bonchev–Trinajstić information content (AvgIpc) is 3.90. The van der Waals surface area contributed by atoms with Crippen LogP contribution in [0.2, 0.25) is 0 Å². The van der Waals surface area contributed by atoms with E-state index in [2.05, 4.69) is 257 Å². The van der Waals surface area contributed by atoms with Gasteiger partial charge in [-0.2, -0.15) is 0 Å². The van der Waals surface area contributed by atoms with Crippen LogP contribution in [0, 0.1) is 0 Å². The molecular weight excluding hydrogens is 849 g/mol. The van der Waals surface area contributed by atoms with Crippen LogP contribution < -0.4 is 0 Å². The fraction of sp³-hybridized carbons (Fsp3) is 0.121. The van der Waals surface area contributed by atoms with Gasteiger partial charge >= 0.3 is 0 Å². The second-order valence-electron chi connectivity index (χ2n) is 20.7. The van der Waals surface area contributed by atoms with Gasteiger partial charge in [-0.15, -0.1) is 0 Å². The van der Waals surface area contributed by atoms with Crippen LogP contribution in [0.25, 0.3) is 111 Å². The van der Waals surface area contributed by atoms with Crippen LogP contribution in [-0.4, -0.2) is 19.1 Å². The van der Waals surface area contributed by atoms with Crippen molar-refractivity contribution in [3.63, 3.8) is 0 Å². The molecule has 12 aromatic rings. The normalized spacial score (nSPS) is 12.1. The number of fused-ring (bicyclic) bond motifs is 6. The van der Waals surface area contributed by atoms with Crippen molar-refractivity contribution in [1.29, 1.82) is 0 Å². The molecule has 4 heterocycles. The SMILES string of the molecule is CC(C)(C)c1ccc(-n2c3ccccc3c3cc(-c4ccccc4)ccc32)cc1-c1cncc(-c2cccc(-c3cc(-n4c5ccccc5c5cc(-c6ccccc6)ccc54)ccc3C(C)(C)C)n2)c1. The molecular formula is C66H54N4. The highest BCUT2D eigenvalue weighted by atomic mass is 15.0. The van der Waals surface area contributed by atoms with Crippen molar-refractivity contribution >= 4 is 43.6 Å². The first kappa shape index (κ1) is 43.0. The Hall–Kier alpha value is -8.34. The molecule has 0 amide bonds. The summed E-state index contributed by atoms with van der Waals surface area (Å²) in [4.78, 5) is 10.4. The summed E-state index contributed by atoms with van der Waals surface area (Å²) in [5, 5.41) is 4.94. The van der Waals surface area contributed by atoms with Crippen molar-refractivity contribution in [2.75, 3.05) is 0 Å². The fourth-order valence-electron chi connectivity index (χ4n) is 10.7. The summed E-state index contributed by atoms with van der Waals surface area (Å²) >= 11 is 0. The molecule has 0 saturated heterocycles. The van der Waals surface area contributed by atoms with Gasteiger partial charge < -0.3 is 9.13 Å². The number of hydrogen-bond acceptors (Lipinski definition) is 2. The zero-order valence-electron chi connectivity index (χ0n) is 40.6. The van der Waals surface area contributed by atoms with Gasteiger partial charge in [-0.1, -0.05) is 169 Å². The molecule has 0 bridgehead atoms. The smallest absolute Gasteiger partial charge is 0.0725 e. The van der Waals surface area contributed by atoms with Gasteiger partial charge in [0.05, 0.1) is 33.5 Å². The van der Waals surface area contributed by atoms with E-state index in [1.807, 2.05) is 12.4 Å². The second-order valence-corrected chi connectivity index (χ2v) is 20.7. The highest BCUT2D eigenvalue weighted by molar-refractivity contribution is 6.11. The van der Waals surface area contributed by atoms with E-state index < -0.39 is 0 Å². The van der Waals surface area contributed by atoms with Crippen molar-refractivity contribution in [3.05, 3.63) is 230 Å². The molecule has 0 atom stereocenters. The van der Waals surface area contributed by atoms with E-state index in [0.29, 0.717) is 0 Å². The number of hydrogen-bond donors (Lipinski definition) is 0. The summed E-state index contributed by atoms with van der Waals surface area (Å²) in [6, 6.07) is 75.1. The summed E-state index contributed by atoms with van der Waals surface area (Å²) in [5.41, 5.74) is 20.1. The molecule has 8 aromatic carbocycles. The molecule has 4 heteroatoms. The largest absolute Gasteiger partial charge is 0.309 e. The van der Waals surface area contributed by atoms with Crippen molar-refractivity contribution in [2.24, 2.45) is 0 Å². The van der Waals surface area contributed by atoms with Crippen LogP contribution in [0.5, 0.6) is 0 Å². The quantitative estimate of drug-likeness (QED) is 0.160. The van der Waals surface area contributed by atoms with Gasteiger partial charge in [-0.3, -0.25) is 4.98 Å². The zero-order valence-corrected chi connectivity index (χ0v) is 40.6. The van der Waals surface area contributed by atoms with E-state index in [-0.39, 0.29) is 10.8 Å². The Kier molecular flexibility index (Phi) is 10.3. The van der Waals surface area contributed by atoms with E-state index in [4.69, 9.17) is 9.97 Å². The number of aromatic nitrogens is 4. The first-order chi connectivity index (χ1) is 34.0. The molecule has 4 nitrogen and oxygen atoms in total. The van der Waals surface area contributed by atoms with Gasteiger partial charge in [0.15, 0.2) is 0 Å². The van der Waals surface area contributed by atoms with E-state index >= 15 is 0 Å². The number of pyridine rings is 2. The van der Waals surface area contributed by atoms with E-state index in [1.54, 1.807) is 0 Å². The highest BCUT2D eigenvalue weighted by Crippen LogP contribution is 2.42. The van der Waals surface area contributed by atoms with Gasteiger partial charge in [0, 0.05) is 62.0 Å². The lowest BCUT2D eigenvalue weighted by Crippen LogP contribution is -2.13. The molecule has 0 aliphatic carbocycles. The first-order valence-corrected chi connectivity index (χ1v) is 24.4. The van der Waals surface area contributed by atoms with Gasteiger partial charge in [0.1, 0.15) is 0 Å². The lowest BCUT2D eigenvalue weighted by atomic mass is 9.81. The second kappa shape index (κ2) is 16.7. The molecule has 70 heavy (non-hydrogen) atoms. The Morgan fingerprint density at radius 3 is 1.31 bits per heavy atom. The van der Waals surface area contributed by atoms with Crippen molar-refractivity contribution < 1.29 is 0 Å². The van der Waals surface area contributed by atoms with E-state index in [1.165, 1.54) is 77.0 Å². The first-order valence-electron chi connectivity index (χ1n) is 24.4. The van der Waals surface area contributed by atoms with Crippen LogP contribution >= 0.6 is 0 Å². The highest BCUT2D eigenvalue weighted by Gasteiger charge is 2.24. The Labute approximate surface area is 410 Å². The molecule has 0 fully saturated rings. The standard InChI is InChI=1S/C66H54N4/c1-65(2,3)57-32-30-49(69-61-26-15-13-22-51(61)54-37-45(28-34-63(54)69)43-18-9-7-10-19-43)39-53(57)47-36-48(42-67-41-47)59-24-17-25-60(68-59)56-40-50(31-33-58(56)66(4,5)6)70-62-27-16-14-23-52(62)55-38-46(29-35-64(55)70)44-20-11-8-12-21-44/h7-42H,1-6H3. The monoisotopic (exact) mass is 902 g/mol. The summed E-state index contributed by atoms with van der Waals surface area (Å²) in [7, 11) is 0. The fourth-order valence-corrected chi connectivity index (χ4v) is 10.7. The lowest BCUT2D eigenvalue weighted by Gasteiger charge is -2.25. The van der Waals surface area contributed by atoms with Gasteiger partial charge in [-0.05, 0) is 129 Å². The third kappa shape index (κ3) is 7.48. The summed E-state index contributed by atoms with van der Waals surface area (Å²) in [5.74, 6) is 0. The van der Waals surface area contributed by atoms with Crippen LogP contribution in [0.4, 0.5) is 0 Å². The molecule has 338 valence electrons. The molecule has 0 aliphatic rings. The summed E-state index contributed by atoms with van der Waals surface area (Å²) in [6.07, 6.45) is 3.96. The molecule has 0 spiro atoms. The van der Waals surface area contributed by atoms with Crippen molar-refractivity contribution in [2.45, 2.75) is 52.4 Å². The number of rotatable bonds is 7. The lowest BCUT2D eigenvalue weighted by molar-refractivity contribution is 0.591. The van der Waals surface area contributed by atoms with Crippen molar-refractivity contribution in [1.82, 2.24) is 19.1 Å². The molecule has 4 aromatic heterocycles. The molecule has 0 unspecified atom stereocenters. The minimum Gasteiger partial charge on any atom is -0.309 e. The van der Waals surface area contributed by atoms with Gasteiger partial charge in [0.2, 0.25) is 0 Å². The topological polar surface area (TPSA) is 35.6 Å². The van der Waals surface area contributed by atoms with Crippen LogP contribution in [0.3, 0.4) is 0 Å². The Balaban J connectivity index is 0.966. The number of benzene rings is 8. The molecule has 0 saturated carbocycles.